The summed E-state index contributed by atoms with van der Waals surface area (Å²) in [4.78, 5) is 12.4. The van der Waals surface area contributed by atoms with Crippen LogP contribution in [0.3, 0.4) is 0 Å². The number of carbonyl (C=O) groups is 1. The first kappa shape index (κ1) is 17.9. The number of aliphatic hydroxyl groups is 1. The molecule has 5 nitrogen and oxygen atoms in total. The molecule has 1 heterocycles. The third-order valence-corrected chi connectivity index (χ3v) is 3.95. The van der Waals surface area contributed by atoms with Gasteiger partial charge in [-0.3, -0.25) is 4.79 Å². The van der Waals surface area contributed by atoms with Gasteiger partial charge in [0.05, 0.1) is 12.0 Å². The van der Waals surface area contributed by atoms with Crippen molar-refractivity contribution in [1.82, 2.24) is 5.32 Å². The van der Waals surface area contributed by atoms with Gasteiger partial charge in [-0.1, -0.05) is 24.3 Å². The Morgan fingerprint density at radius 2 is 2.00 bits per heavy atom. The normalized spacial score (nSPS) is 16.9. The number of aliphatic hydroxyl groups excluding tert-OH is 1. The maximum Gasteiger partial charge on any atom is 0.227 e. The highest BCUT2D eigenvalue weighted by molar-refractivity contribution is 5.85. The molecule has 2 rings (SSSR count). The lowest BCUT2D eigenvalue weighted by atomic mass is 9.79. The minimum absolute atomic E-state index is 0. The molecule has 1 fully saturated rings. The van der Waals surface area contributed by atoms with Crippen LogP contribution in [-0.4, -0.2) is 30.8 Å². The topological polar surface area (TPSA) is 84.6 Å². The van der Waals surface area contributed by atoms with Crippen molar-refractivity contribution in [3.8, 4) is 0 Å². The Balaban J connectivity index is 0.00000220. The van der Waals surface area contributed by atoms with E-state index in [2.05, 4.69) is 5.32 Å². The third kappa shape index (κ3) is 4.41. The average Bonchev–Trinajstić information content (AvgIpc) is 2.53. The van der Waals surface area contributed by atoms with Gasteiger partial charge in [0.1, 0.15) is 0 Å². The summed E-state index contributed by atoms with van der Waals surface area (Å²) >= 11 is 0. The van der Waals surface area contributed by atoms with Crippen LogP contribution in [0.15, 0.2) is 24.3 Å². The Morgan fingerprint density at radius 3 is 2.62 bits per heavy atom. The maximum absolute atomic E-state index is 12.4. The molecule has 0 saturated carbocycles. The molecule has 0 aliphatic carbocycles. The fraction of sp³-hybridized carbons (Fsp3) is 0.533. The average molecular weight is 315 g/mol. The molecule has 0 aromatic heterocycles. The SMILES string of the molecule is Cl.NCC1(C(=O)NCc2cccc(CO)c2)CCOCC1. The smallest absolute Gasteiger partial charge is 0.227 e. The van der Waals surface area contributed by atoms with Crippen molar-refractivity contribution >= 4 is 18.3 Å². The molecule has 0 spiro atoms. The predicted octanol–water partition coefficient (Wildman–Crippen LogP) is 0.972. The van der Waals surface area contributed by atoms with Crippen LogP contribution >= 0.6 is 12.4 Å². The van der Waals surface area contributed by atoms with Crippen LogP contribution in [0.1, 0.15) is 24.0 Å². The summed E-state index contributed by atoms with van der Waals surface area (Å²) < 4.78 is 5.31. The molecule has 0 unspecified atom stereocenters. The first-order valence-corrected chi connectivity index (χ1v) is 6.95. The molecule has 4 N–H and O–H groups in total. The van der Waals surface area contributed by atoms with E-state index in [1.165, 1.54) is 0 Å². The van der Waals surface area contributed by atoms with E-state index in [-0.39, 0.29) is 24.9 Å². The number of nitrogens with two attached hydrogens (primary N) is 1. The summed E-state index contributed by atoms with van der Waals surface area (Å²) in [5.41, 5.74) is 7.13. The Labute approximate surface area is 131 Å². The van der Waals surface area contributed by atoms with Gasteiger partial charge in [0, 0.05) is 26.3 Å². The van der Waals surface area contributed by atoms with Gasteiger partial charge in [0.15, 0.2) is 0 Å². The van der Waals surface area contributed by atoms with Gasteiger partial charge < -0.3 is 20.9 Å². The zero-order valence-corrected chi connectivity index (χ0v) is 12.8. The Hall–Kier alpha value is -1.14. The van der Waals surface area contributed by atoms with Gasteiger partial charge in [-0.15, -0.1) is 12.4 Å². The molecule has 1 aromatic rings. The molecule has 1 aliphatic rings. The second-order valence-electron chi connectivity index (χ2n) is 5.26. The van der Waals surface area contributed by atoms with Crippen molar-refractivity contribution in [2.24, 2.45) is 11.1 Å². The zero-order chi connectivity index (χ0) is 14.4. The van der Waals surface area contributed by atoms with Gasteiger partial charge in [-0.2, -0.15) is 0 Å². The van der Waals surface area contributed by atoms with Gasteiger partial charge in [0.25, 0.3) is 0 Å². The molecule has 0 radical (unpaired) electrons. The lowest BCUT2D eigenvalue weighted by Gasteiger charge is -2.34. The molecular formula is C15H23ClN2O3. The summed E-state index contributed by atoms with van der Waals surface area (Å²) in [6, 6.07) is 7.54. The number of nitrogens with one attached hydrogen (secondary N) is 1. The molecule has 0 atom stereocenters. The second-order valence-corrected chi connectivity index (χ2v) is 5.26. The van der Waals surface area contributed by atoms with Gasteiger partial charge in [-0.05, 0) is 24.0 Å². The number of hydrogen-bond donors (Lipinski definition) is 3. The molecule has 118 valence electrons. The van der Waals surface area contributed by atoms with Gasteiger partial charge in [-0.25, -0.2) is 0 Å². The van der Waals surface area contributed by atoms with Crippen molar-refractivity contribution in [2.45, 2.75) is 26.0 Å². The largest absolute Gasteiger partial charge is 0.392 e. The van der Waals surface area contributed by atoms with Crippen LogP contribution in [0, 0.1) is 5.41 Å². The number of carbonyl (C=O) groups excluding carboxylic acids is 1. The van der Waals surface area contributed by atoms with Crippen LogP contribution < -0.4 is 11.1 Å². The van der Waals surface area contributed by atoms with E-state index in [9.17, 15) is 4.79 Å². The fourth-order valence-corrected chi connectivity index (χ4v) is 2.49. The quantitative estimate of drug-likeness (QED) is 0.756. The monoisotopic (exact) mass is 314 g/mol. The van der Waals surface area contributed by atoms with E-state index < -0.39 is 5.41 Å². The molecule has 1 aliphatic heterocycles. The molecule has 1 amide bonds. The number of rotatable bonds is 5. The predicted molar refractivity (Wildman–Crippen MR) is 83.0 cm³/mol. The van der Waals surface area contributed by atoms with Crippen LogP contribution in [0.5, 0.6) is 0 Å². The highest BCUT2D eigenvalue weighted by atomic mass is 35.5. The third-order valence-electron chi connectivity index (χ3n) is 3.95. The first-order chi connectivity index (χ1) is 9.70. The van der Waals surface area contributed by atoms with E-state index in [1.54, 1.807) is 0 Å². The van der Waals surface area contributed by atoms with Gasteiger partial charge in [0.2, 0.25) is 5.91 Å². The molecule has 0 bridgehead atoms. The van der Waals surface area contributed by atoms with Crippen LogP contribution in [-0.2, 0) is 22.7 Å². The van der Waals surface area contributed by atoms with Crippen molar-refractivity contribution in [2.75, 3.05) is 19.8 Å². The number of amides is 1. The summed E-state index contributed by atoms with van der Waals surface area (Å²) in [5.74, 6) is -0.00213. The molecule has 21 heavy (non-hydrogen) atoms. The van der Waals surface area contributed by atoms with Crippen LogP contribution in [0.25, 0.3) is 0 Å². The molecular weight excluding hydrogens is 292 g/mol. The second kappa shape index (κ2) is 8.34. The summed E-state index contributed by atoms with van der Waals surface area (Å²) in [7, 11) is 0. The van der Waals surface area contributed by atoms with Crippen LogP contribution in [0.4, 0.5) is 0 Å². The highest BCUT2D eigenvalue weighted by Gasteiger charge is 2.38. The summed E-state index contributed by atoms with van der Waals surface area (Å²) in [6.07, 6.45) is 1.35. The number of ether oxygens (including phenoxy) is 1. The minimum Gasteiger partial charge on any atom is -0.392 e. The molecule has 1 aromatic carbocycles. The fourth-order valence-electron chi connectivity index (χ4n) is 2.49. The Bertz CT molecular complexity index is 462. The minimum atomic E-state index is -0.493. The summed E-state index contributed by atoms with van der Waals surface area (Å²) in [5, 5.41) is 12.1. The highest BCUT2D eigenvalue weighted by Crippen LogP contribution is 2.29. The van der Waals surface area contributed by atoms with E-state index in [4.69, 9.17) is 15.6 Å². The number of benzene rings is 1. The standard InChI is InChI=1S/C15H22N2O3.ClH/c16-11-15(4-6-20-7-5-15)14(19)17-9-12-2-1-3-13(8-12)10-18;/h1-3,8,18H,4-7,9-11,16H2,(H,17,19);1H. The van der Waals surface area contributed by atoms with Crippen LogP contribution in [0.2, 0.25) is 0 Å². The zero-order valence-electron chi connectivity index (χ0n) is 12.0. The number of hydrogen-bond acceptors (Lipinski definition) is 4. The van der Waals surface area contributed by atoms with E-state index in [1.807, 2.05) is 24.3 Å². The van der Waals surface area contributed by atoms with Crippen molar-refractivity contribution < 1.29 is 14.6 Å². The van der Waals surface area contributed by atoms with Crippen molar-refractivity contribution in [1.29, 1.82) is 0 Å². The van der Waals surface area contributed by atoms with E-state index >= 15 is 0 Å². The lowest BCUT2D eigenvalue weighted by Crippen LogP contribution is -2.48. The molecule has 6 heteroatoms. The lowest BCUT2D eigenvalue weighted by molar-refractivity contribution is -0.136. The Kier molecular flexibility index (Phi) is 7.11. The Morgan fingerprint density at radius 1 is 1.33 bits per heavy atom. The maximum atomic E-state index is 12.4. The van der Waals surface area contributed by atoms with E-state index in [0.717, 1.165) is 11.1 Å². The number of halogens is 1. The molecule has 1 saturated heterocycles. The van der Waals surface area contributed by atoms with Gasteiger partial charge >= 0.3 is 0 Å². The summed E-state index contributed by atoms with van der Waals surface area (Å²) in [6.45, 7) is 1.98. The first-order valence-electron chi connectivity index (χ1n) is 6.95. The van der Waals surface area contributed by atoms with Crippen molar-refractivity contribution in [3.63, 3.8) is 0 Å². The van der Waals surface area contributed by atoms with Crippen molar-refractivity contribution in [3.05, 3.63) is 35.4 Å². The van der Waals surface area contributed by atoms with E-state index in [0.29, 0.717) is 39.1 Å².